The van der Waals surface area contributed by atoms with Crippen LogP contribution in [0, 0.1) is 0 Å². The van der Waals surface area contributed by atoms with Crippen LogP contribution in [0.5, 0.6) is 0 Å². The second-order valence-corrected chi connectivity index (χ2v) is 6.64. The summed E-state index contributed by atoms with van der Waals surface area (Å²) in [6, 6.07) is 13.5. The van der Waals surface area contributed by atoms with Gasteiger partial charge in [0.15, 0.2) is 0 Å². The van der Waals surface area contributed by atoms with Gasteiger partial charge in [-0.25, -0.2) is 4.98 Å². The largest absolute Gasteiger partial charge is 0.363 e. The lowest BCUT2D eigenvalue weighted by Gasteiger charge is -2.12. The zero-order valence-corrected chi connectivity index (χ0v) is 14.4. The Bertz CT molecular complexity index is 930. The summed E-state index contributed by atoms with van der Waals surface area (Å²) in [5, 5.41) is 3.83. The van der Waals surface area contributed by atoms with Crippen LogP contribution >= 0.6 is 0 Å². The molecule has 0 saturated heterocycles. The van der Waals surface area contributed by atoms with Crippen LogP contribution < -0.4 is 10.2 Å². The number of para-hydroxylation sites is 1. The number of benzene rings is 1. The van der Waals surface area contributed by atoms with E-state index in [1.54, 1.807) is 6.20 Å². The number of carbonyl (C=O) groups excluding carboxylic acids is 1. The van der Waals surface area contributed by atoms with Crippen molar-refractivity contribution in [1.29, 1.82) is 0 Å². The molecule has 1 amide bonds. The molecule has 0 atom stereocenters. The molecule has 0 bridgehead atoms. The topological polar surface area (TPSA) is 58.1 Å². The van der Waals surface area contributed by atoms with Gasteiger partial charge in [-0.15, -0.1) is 0 Å². The fourth-order valence-corrected chi connectivity index (χ4v) is 2.89. The van der Waals surface area contributed by atoms with E-state index in [9.17, 15) is 4.79 Å². The van der Waals surface area contributed by atoms with E-state index in [0.29, 0.717) is 17.2 Å². The van der Waals surface area contributed by atoms with E-state index >= 15 is 0 Å². The Morgan fingerprint density at radius 2 is 1.96 bits per heavy atom. The summed E-state index contributed by atoms with van der Waals surface area (Å²) in [6.45, 7) is 0. The smallest absolute Gasteiger partial charge is 0.256 e. The summed E-state index contributed by atoms with van der Waals surface area (Å²) in [6.07, 6.45) is 3.99. The summed E-state index contributed by atoms with van der Waals surface area (Å²) >= 11 is 0. The third-order valence-electron chi connectivity index (χ3n) is 4.44. The number of carbonyl (C=O) groups is 1. The molecule has 2 heterocycles. The number of nitrogens with zero attached hydrogens (tertiary/aromatic N) is 3. The van der Waals surface area contributed by atoms with E-state index in [1.165, 1.54) is 0 Å². The van der Waals surface area contributed by atoms with E-state index in [-0.39, 0.29) is 5.91 Å². The van der Waals surface area contributed by atoms with Crippen molar-refractivity contribution in [3.8, 4) is 0 Å². The minimum absolute atomic E-state index is 0.125. The van der Waals surface area contributed by atoms with Crippen molar-refractivity contribution in [3.05, 3.63) is 59.9 Å². The van der Waals surface area contributed by atoms with Crippen molar-refractivity contribution < 1.29 is 4.79 Å². The number of pyridine rings is 2. The van der Waals surface area contributed by atoms with Crippen LogP contribution in [0.15, 0.2) is 48.7 Å². The lowest BCUT2D eigenvalue weighted by atomic mass is 10.1. The Labute approximate surface area is 146 Å². The molecule has 0 radical (unpaired) electrons. The van der Waals surface area contributed by atoms with Crippen molar-refractivity contribution >= 4 is 28.3 Å². The standard InChI is InChI=1S/C20H20N4O/c1-24(2)19-10-9-14(12-21-19)22-20(25)16-11-18(13-7-8-13)23-17-6-4-3-5-15(16)17/h3-6,9-13H,7-8H2,1-2H3,(H,22,25). The highest BCUT2D eigenvalue weighted by Crippen LogP contribution is 2.40. The van der Waals surface area contributed by atoms with Gasteiger partial charge in [0, 0.05) is 31.1 Å². The minimum atomic E-state index is -0.125. The maximum Gasteiger partial charge on any atom is 0.256 e. The fourth-order valence-electron chi connectivity index (χ4n) is 2.89. The third-order valence-corrected chi connectivity index (χ3v) is 4.44. The van der Waals surface area contributed by atoms with E-state index in [2.05, 4.69) is 10.3 Å². The fraction of sp³-hybridized carbons (Fsp3) is 0.250. The van der Waals surface area contributed by atoms with Crippen molar-refractivity contribution in [3.63, 3.8) is 0 Å². The van der Waals surface area contributed by atoms with Crippen LogP contribution in [-0.2, 0) is 0 Å². The Kier molecular flexibility index (Phi) is 3.84. The number of hydrogen-bond donors (Lipinski definition) is 1. The Hall–Kier alpha value is -2.95. The number of hydrogen-bond acceptors (Lipinski definition) is 4. The average Bonchev–Trinajstić information content (AvgIpc) is 3.46. The summed E-state index contributed by atoms with van der Waals surface area (Å²) < 4.78 is 0. The zero-order chi connectivity index (χ0) is 17.4. The molecule has 126 valence electrons. The second-order valence-electron chi connectivity index (χ2n) is 6.64. The first kappa shape index (κ1) is 15.6. The normalized spacial score (nSPS) is 13.7. The van der Waals surface area contributed by atoms with E-state index in [0.717, 1.165) is 35.3 Å². The summed E-state index contributed by atoms with van der Waals surface area (Å²) in [5.41, 5.74) is 3.25. The van der Waals surface area contributed by atoms with E-state index in [4.69, 9.17) is 4.98 Å². The highest BCUT2D eigenvalue weighted by molar-refractivity contribution is 6.12. The van der Waals surface area contributed by atoms with Crippen molar-refractivity contribution in [2.45, 2.75) is 18.8 Å². The SMILES string of the molecule is CN(C)c1ccc(NC(=O)c2cc(C3CC3)nc3ccccc23)cn1. The number of amides is 1. The first-order valence-electron chi connectivity index (χ1n) is 8.46. The number of aromatic nitrogens is 2. The monoisotopic (exact) mass is 332 g/mol. The first-order valence-corrected chi connectivity index (χ1v) is 8.46. The van der Waals surface area contributed by atoms with E-state index in [1.807, 2.05) is 61.5 Å². The molecule has 4 rings (SSSR count). The molecule has 0 unspecified atom stereocenters. The molecule has 1 saturated carbocycles. The third kappa shape index (κ3) is 3.18. The molecule has 3 aromatic rings. The predicted octanol–water partition coefficient (Wildman–Crippen LogP) is 3.83. The van der Waals surface area contributed by atoms with Crippen LogP contribution in [0.4, 0.5) is 11.5 Å². The lowest BCUT2D eigenvalue weighted by Crippen LogP contribution is -2.14. The number of anilines is 2. The molecule has 0 aliphatic heterocycles. The molecule has 1 aromatic carbocycles. The van der Waals surface area contributed by atoms with Crippen molar-refractivity contribution in [2.24, 2.45) is 0 Å². The Morgan fingerprint density at radius 1 is 1.16 bits per heavy atom. The molecule has 1 fully saturated rings. The lowest BCUT2D eigenvalue weighted by molar-refractivity contribution is 0.102. The van der Waals surface area contributed by atoms with Crippen molar-refractivity contribution in [1.82, 2.24) is 9.97 Å². The van der Waals surface area contributed by atoms with Gasteiger partial charge in [0.05, 0.1) is 23.0 Å². The van der Waals surface area contributed by atoms with Crippen LogP contribution in [0.3, 0.4) is 0 Å². The molecule has 2 aromatic heterocycles. The van der Waals surface area contributed by atoms with Crippen LogP contribution in [0.25, 0.3) is 10.9 Å². The highest BCUT2D eigenvalue weighted by Gasteiger charge is 2.27. The zero-order valence-electron chi connectivity index (χ0n) is 14.4. The second kappa shape index (κ2) is 6.16. The molecule has 1 N–H and O–H groups in total. The van der Waals surface area contributed by atoms with Gasteiger partial charge in [0.25, 0.3) is 5.91 Å². The van der Waals surface area contributed by atoms with Crippen molar-refractivity contribution in [2.75, 3.05) is 24.3 Å². The summed E-state index contributed by atoms with van der Waals surface area (Å²) in [7, 11) is 3.87. The predicted molar refractivity (Wildman–Crippen MR) is 100 cm³/mol. The molecular formula is C20H20N4O. The van der Waals surface area contributed by atoms with Gasteiger partial charge in [-0.05, 0) is 37.1 Å². The highest BCUT2D eigenvalue weighted by atomic mass is 16.1. The molecule has 0 spiro atoms. The van der Waals surface area contributed by atoms with Gasteiger partial charge < -0.3 is 10.2 Å². The Balaban J connectivity index is 1.67. The first-order chi connectivity index (χ1) is 12.1. The van der Waals surface area contributed by atoms with E-state index < -0.39 is 0 Å². The summed E-state index contributed by atoms with van der Waals surface area (Å²) in [5.74, 6) is 1.22. The number of nitrogens with one attached hydrogen (secondary N) is 1. The maximum absolute atomic E-state index is 12.9. The molecule has 5 nitrogen and oxygen atoms in total. The molecule has 1 aliphatic carbocycles. The average molecular weight is 332 g/mol. The van der Waals surface area contributed by atoms with Gasteiger partial charge in [-0.1, -0.05) is 18.2 Å². The van der Waals surface area contributed by atoms with Crippen LogP contribution in [0.1, 0.15) is 34.8 Å². The Morgan fingerprint density at radius 3 is 2.64 bits per heavy atom. The van der Waals surface area contributed by atoms with Gasteiger partial charge in [0.2, 0.25) is 0 Å². The van der Waals surface area contributed by atoms with Gasteiger partial charge >= 0.3 is 0 Å². The summed E-state index contributed by atoms with van der Waals surface area (Å²) in [4.78, 5) is 23.8. The van der Waals surface area contributed by atoms with Gasteiger partial charge in [0.1, 0.15) is 5.82 Å². The number of fused-ring (bicyclic) bond motifs is 1. The molecule has 5 heteroatoms. The maximum atomic E-state index is 12.9. The molecular weight excluding hydrogens is 312 g/mol. The van der Waals surface area contributed by atoms with Gasteiger partial charge in [-0.2, -0.15) is 0 Å². The quantitative estimate of drug-likeness (QED) is 0.789. The molecule has 1 aliphatic rings. The molecule has 25 heavy (non-hydrogen) atoms. The number of rotatable bonds is 4. The van der Waals surface area contributed by atoms with Crippen LogP contribution in [-0.4, -0.2) is 30.0 Å². The minimum Gasteiger partial charge on any atom is -0.363 e. The van der Waals surface area contributed by atoms with Gasteiger partial charge in [-0.3, -0.25) is 9.78 Å². The van der Waals surface area contributed by atoms with Crippen LogP contribution in [0.2, 0.25) is 0 Å².